The van der Waals surface area contributed by atoms with E-state index >= 15 is 0 Å². The molecular formula is C19H32N2O2+2. The largest absolute Gasteiger partial charge is 0.497 e. The molecule has 4 nitrogen and oxygen atoms in total. The molecule has 2 fully saturated rings. The number of hydrogen-bond donors (Lipinski definition) is 2. The minimum Gasteiger partial charge on any atom is -0.497 e. The molecular weight excluding hydrogens is 288 g/mol. The van der Waals surface area contributed by atoms with E-state index in [2.05, 4.69) is 38.1 Å². The molecule has 23 heavy (non-hydrogen) atoms. The normalized spacial score (nSPS) is 35.0. The standard InChI is InChI=1S/C19H30N2O2/c1-15-12-21(13-16(2)23-15)18-8-10-20(11-9-18)14-17-4-6-19(22-3)7-5-17/h4-7,15-16,18H,8-14H2,1-3H3/p+2/t15-,16+. The van der Waals surface area contributed by atoms with E-state index in [1.165, 1.54) is 44.6 Å². The molecule has 2 N–H and O–H groups in total. The zero-order valence-corrected chi connectivity index (χ0v) is 14.8. The first-order valence-electron chi connectivity index (χ1n) is 9.10. The van der Waals surface area contributed by atoms with Crippen molar-refractivity contribution in [3.63, 3.8) is 0 Å². The molecule has 1 aromatic rings. The second-order valence-electron chi connectivity index (χ2n) is 7.37. The Morgan fingerprint density at radius 2 is 1.65 bits per heavy atom. The highest BCUT2D eigenvalue weighted by atomic mass is 16.5. The number of morpholine rings is 1. The number of nitrogens with one attached hydrogen (secondary N) is 2. The van der Waals surface area contributed by atoms with Crippen molar-refractivity contribution in [2.24, 2.45) is 0 Å². The maximum atomic E-state index is 5.89. The van der Waals surface area contributed by atoms with E-state index < -0.39 is 0 Å². The van der Waals surface area contributed by atoms with Crippen LogP contribution in [0.25, 0.3) is 0 Å². The van der Waals surface area contributed by atoms with Crippen LogP contribution in [0, 0.1) is 0 Å². The summed E-state index contributed by atoms with van der Waals surface area (Å²) in [5, 5.41) is 0. The summed E-state index contributed by atoms with van der Waals surface area (Å²) >= 11 is 0. The topological polar surface area (TPSA) is 27.3 Å². The number of piperidine rings is 1. The number of methoxy groups -OCH3 is 1. The van der Waals surface area contributed by atoms with Crippen LogP contribution in [-0.2, 0) is 11.3 Å². The van der Waals surface area contributed by atoms with E-state index in [4.69, 9.17) is 9.47 Å². The molecule has 2 heterocycles. The van der Waals surface area contributed by atoms with Gasteiger partial charge in [-0.3, -0.25) is 0 Å². The van der Waals surface area contributed by atoms with Crippen molar-refractivity contribution in [3.05, 3.63) is 29.8 Å². The average Bonchev–Trinajstić information content (AvgIpc) is 2.55. The van der Waals surface area contributed by atoms with Gasteiger partial charge < -0.3 is 19.3 Å². The van der Waals surface area contributed by atoms with Crippen molar-refractivity contribution in [3.8, 4) is 5.75 Å². The van der Waals surface area contributed by atoms with Gasteiger partial charge in [0.25, 0.3) is 0 Å². The smallest absolute Gasteiger partial charge is 0.118 e. The first kappa shape index (κ1) is 16.7. The van der Waals surface area contributed by atoms with E-state index in [0.717, 1.165) is 18.3 Å². The lowest BCUT2D eigenvalue weighted by molar-refractivity contribution is -0.970. The summed E-state index contributed by atoms with van der Waals surface area (Å²) < 4.78 is 11.1. The van der Waals surface area contributed by atoms with Crippen molar-refractivity contribution in [1.29, 1.82) is 0 Å². The van der Waals surface area contributed by atoms with Gasteiger partial charge in [0.1, 0.15) is 37.6 Å². The summed E-state index contributed by atoms with van der Waals surface area (Å²) in [6, 6.07) is 9.39. The van der Waals surface area contributed by atoms with Crippen LogP contribution in [0.1, 0.15) is 32.3 Å². The average molecular weight is 320 g/mol. The molecule has 2 aliphatic rings. The van der Waals surface area contributed by atoms with Crippen LogP contribution in [0.3, 0.4) is 0 Å². The molecule has 2 aliphatic heterocycles. The summed E-state index contributed by atoms with van der Waals surface area (Å²) in [5.41, 5.74) is 1.42. The molecule has 2 saturated heterocycles. The molecule has 0 aliphatic carbocycles. The molecule has 0 spiro atoms. The second kappa shape index (κ2) is 7.65. The summed E-state index contributed by atoms with van der Waals surface area (Å²) in [4.78, 5) is 3.50. The SMILES string of the molecule is COc1ccc(C[NH+]2CCC([NH+]3C[C@@H](C)O[C@@H](C)C3)CC2)cc1. The van der Waals surface area contributed by atoms with Crippen LogP contribution in [0.2, 0.25) is 0 Å². The van der Waals surface area contributed by atoms with E-state index in [-0.39, 0.29) is 0 Å². The van der Waals surface area contributed by atoms with Gasteiger partial charge in [-0.2, -0.15) is 0 Å². The molecule has 3 rings (SSSR count). The summed E-state index contributed by atoms with van der Waals surface area (Å²) in [6.45, 7) is 10.5. The maximum Gasteiger partial charge on any atom is 0.118 e. The molecule has 1 unspecified atom stereocenters. The van der Waals surface area contributed by atoms with E-state index in [1.807, 2.05) is 0 Å². The van der Waals surface area contributed by atoms with Crippen LogP contribution in [0.15, 0.2) is 24.3 Å². The van der Waals surface area contributed by atoms with Gasteiger partial charge in [0.2, 0.25) is 0 Å². The van der Waals surface area contributed by atoms with Gasteiger partial charge in [0, 0.05) is 18.4 Å². The lowest BCUT2D eigenvalue weighted by Crippen LogP contribution is -3.22. The third-order valence-corrected chi connectivity index (χ3v) is 5.45. The van der Waals surface area contributed by atoms with Crippen molar-refractivity contribution >= 4 is 0 Å². The lowest BCUT2D eigenvalue weighted by Gasteiger charge is -2.39. The first-order valence-corrected chi connectivity index (χ1v) is 9.10. The molecule has 3 atom stereocenters. The summed E-state index contributed by atoms with van der Waals surface area (Å²) in [6.07, 6.45) is 3.53. The number of rotatable bonds is 4. The fourth-order valence-corrected chi connectivity index (χ4v) is 4.29. The molecule has 0 bridgehead atoms. The van der Waals surface area contributed by atoms with Crippen molar-refractivity contribution < 1.29 is 19.3 Å². The Kier molecular flexibility index (Phi) is 5.57. The number of benzene rings is 1. The maximum absolute atomic E-state index is 5.89. The predicted octanol–water partition coefficient (Wildman–Crippen LogP) is -0.0654. The number of hydrogen-bond acceptors (Lipinski definition) is 2. The molecule has 0 aromatic heterocycles. The van der Waals surface area contributed by atoms with Crippen molar-refractivity contribution in [2.75, 3.05) is 33.3 Å². The van der Waals surface area contributed by atoms with E-state index in [0.29, 0.717) is 12.2 Å². The van der Waals surface area contributed by atoms with E-state index in [1.54, 1.807) is 16.9 Å². The Labute approximate surface area is 140 Å². The highest BCUT2D eigenvalue weighted by molar-refractivity contribution is 5.26. The van der Waals surface area contributed by atoms with Gasteiger partial charge in [0.15, 0.2) is 0 Å². The van der Waals surface area contributed by atoms with Gasteiger partial charge in [-0.1, -0.05) is 0 Å². The second-order valence-corrected chi connectivity index (χ2v) is 7.37. The predicted molar refractivity (Wildman–Crippen MR) is 91.1 cm³/mol. The van der Waals surface area contributed by atoms with Gasteiger partial charge in [0.05, 0.1) is 26.2 Å². The first-order chi connectivity index (χ1) is 11.1. The molecule has 1 aromatic carbocycles. The van der Waals surface area contributed by atoms with Gasteiger partial charge in [-0.25, -0.2) is 0 Å². The fraction of sp³-hybridized carbons (Fsp3) is 0.684. The van der Waals surface area contributed by atoms with Crippen molar-refractivity contribution in [1.82, 2.24) is 0 Å². The van der Waals surface area contributed by atoms with Crippen LogP contribution in [0.4, 0.5) is 0 Å². The zero-order chi connectivity index (χ0) is 16.2. The third kappa shape index (κ3) is 4.46. The van der Waals surface area contributed by atoms with Crippen LogP contribution >= 0.6 is 0 Å². The minimum atomic E-state index is 0.415. The molecule has 128 valence electrons. The fourth-order valence-electron chi connectivity index (χ4n) is 4.29. The highest BCUT2D eigenvalue weighted by Crippen LogP contribution is 2.10. The van der Waals surface area contributed by atoms with E-state index in [9.17, 15) is 0 Å². The van der Waals surface area contributed by atoms with Gasteiger partial charge >= 0.3 is 0 Å². The summed E-state index contributed by atoms with van der Waals surface area (Å²) in [5.74, 6) is 0.946. The Morgan fingerprint density at radius 1 is 1.04 bits per heavy atom. The third-order valence-electron chi connectivity index (χ3n) is 5.45. The minimum absolute atomic E-state index is 0.415. The molecule has 0 saturated carbocycles. The zero-order valence-electron chi connectivity index (χ0n) is 14.8. The number of ether oxygens (including phenoxy) is 2. The van der Waals surface area contributed by atoms with Gasteiger partial charge in [-0.15, -0.1) is 0 Å². The van der Waals surface area contributed by atoms with Crippen LogP contribution < -0.4 is 14.5 Å². The van der Waals surface area contributed by atoms with Crippen LogP contribution in [-0.4, -0.2) is 51.5 Å². The summed E-state index contributed by atoms with van der Waals surface area (Å²) in [7, 11) is 1.72. The Bertz CT molecular complexity index is 473. The quantitative estimate of drug-likeness (QED) is 0.813. The van der Waals surface area contributed by atoms with Crippen molar-refractivity contribution in [2.45, 2.75) is 51.5 Å². The Balaban J connectivity index is 1.48. The molecule has 4 heteroatoms. The van der Waals surface area contributed by atoms with Gasteiger partial charge in [-0.05, 0) is 38.1 Å². The monoisotopic (exact) mass is 320 g/mol. The molecule has 0 radical (unpaired) electrons. The molecule has 0 amide bonds. The lowest BCUT2D eigenvalue weighted by atomic mass is 10.0. The number of likely N-dealkylation sites (tertiary alicyclic amines) is 1. The number of quaternary nitrogens is 2. The van der Waals surface area contributed by atoms with Crippen LogP contribution in [0.5, 0.6) is 5.75 Å². The highest BCUT2D eigenvalue weighted by Gasteiger charge is 2.34. The Morgan fingerprint density at radius 3 is 2.22 bits per heavy atom. The Hall–Kier alpha value is -1.10.